The summed E-state index contributed by atoms with van der Waals surface area (Å²) >= 11 is 1.40. The van der Waals surface area contributed by atoms with Crippen LogP contribution in [0.5, 0.6) is 0 Å². The molecular weight excluding hydrogens is 372 g/mol. The largest absolute Gasteiger partial charge is 0.336 e. The zero-order valence-corrected chi connectivity index (χ0v) is 16.6. The first kappa shape index (κ1) is 18.6. The molecule has 0 atom stereocenters. The molecule has 1 fully saturated rings. The molecule has 1 saturated heterocycles. The number of aryl methyl sites for hydroxylation is 1. The third-order valence-electron chi connectivity index (χ3n) is 4.98. The second kappa shape index (κ2) is 8.08. The summed E-state index contributed by atoms with van der Waals surface area (Å²) in [5.41, 5.74) is 1.86. The Bertz CT molecular complexity index is 1060. The van der Waals surface area contributed by atoms with Crippen molar-refractivity contribution in [2.45, 2.75) is 6.92 Å². The van der Waals surface area contributed by atoms with Crippen molar-refractivity contribution in [3.8, 4) is 0 Å². The molecule has 0 N–H and O–H groups in total. The molecule has 0 unspecified atom stereocenters. The summed E-state index contributed by atoms with van der Waals surface area (Å²) in [6.07, 6.45) is 5.68. The van der Waals surface area contributed by atoms with E-state index in [4.69, 9.17) is 0 Å². The summed E-state index contributed by atoms with van der Waals surface area (Å²) in [6.45, 7) is 5.51. The summed E-state index contributed by atoms with van der Waals surface area (Å²) in [6, 6.07) is 10.2. The number of piperazine rings is 1. The molecule has 144 valence electrons. The Hall–Kier alpha value is -2.77. The smallest absolute Gasteiger partial charge is 0.271 e. The van der Waals surface area contributed by atoms with Gasteiger partial charge in [-0.1, -0.05) is 42.5 Å². The van der Waals surface area contributed by atoms with Crippen LogP contribution in [0.4, 0.5) is 0 Å². The second-order valence-electron chi connectivity index (χ2n) is 6.88. The predicted octanol–water partition coefficient (Wildman–Crippen LogP) is 2.54. The van der Waals surface area contributed by atoms with Gasteiger partial charge >= 0.3 is 0 Å². The van der Waals surface area contributed by atoms with E-state index in [9.17, 15) is 9.59 Å². The summed E-state index contributed by atoms with van der Waals surface area (Å²) in [5.74, 6) is -0.225. The maximum absolute atomic E-state index is 12.8. The van der Waals surface area contributed by atoms with Gasteiger partial charge in [-0.25, -0.2) is 4.98 Å². The number of thiazole rings is 1. The molecule has 0 radical (unpaired) electrons. The normalized spacial score (nSPS) is 15.5. The summed E-state index contributed by atoms with van der Waals surface area (Å²) in [4.78, 5) is 34.5. The van der Waals surface area contributed by atoms with Crippen LogP contribution in [-0.2, 0) is 0 Å². The average molecular weight is 395 g/mol. The molecule has 1 aliphatic heterocycles. The van der Waals surface area contributed by atoms with Crippen molar-refractivity contribution in [3.05, 3.63) is 75.2 Å². The lowest BCUT2D eigenvalue weighted by atomic mass is 10.2. The van der Waals surface area contributed by atoms with Crippen molar-refractivity contribution in [1.82, 2.24) is 19.2 Å². The van der Waals surface area contributed by atoms with Crippen molar-refractivity contribution < 1.29 is 4.79 Å². The molecule has 0 saturated carbocycles. The second-order valence-corrected chi connectivity index (χ2v) is 7.71. The highest BCUT2D eigenvalue weighted by Crippen LogP contribution is 2.12. The first-order valence-electron chi connectivity index (χ1n) is 9.32. The maximum atomic E-state index is 12.8. The van der Waals surface area contributed by atoms with Crippen molar-refractivity contribution >= 4 is 28.3 Å². The van der Waals surface area contributed by atoms with Gasteiger partial charge in [0.15, 0.2) is 4.96 Å². The Labute approximate surface area is 167 Å². The van der Waals surface area contributed by atoms with E-state index in [-0.39, 0.29) is 17.0 Å². The summed E-state index contributed by atoms with van der Waals surface area (Å²) in [7, 11) is 0. The number of fused-ring (bicyclic) bond motifs is 1. The van der Waals surface area contributed by atoms with Gasteiger partial charge in [0.25, 0.3) is 11.5 Å². The van der Waals surface area contributed by atoms with E-state index in [1.54, 1.807) is 4.90 Å². The minimum atomic E-state index is -0.276. The molecule has 0 aliphatic carbocycles. The number of hydrogen-bond donors (Lipinski definition) is 0. The van der Waals surface area contributed by atoms with Gasteiger partial charge in [0, 0.05) is 50.0 Å². The van der Waals surface area contributed by atoms with Crippen molar-refractivity contribution in [2.24, 2.45) is 0 Å². The zero-order valence-electron chi connectivity index (χ0n) is 15.7. The quantitative estimate of drug-likeness (QED) is 0.682. The van der Waals surface area contributed by atoms with E-state index >= 15 is 0 Å². The van der Waals surface area contributed by atoms with Gasteiger partial charge in [-0.2, -0.15) is 0 Å². The third kappa shape index (κ3) is 3.76. The number of aromatic nitrogens is 2. The van der Waals surface area contributed by atoms with Crippen LogP contribution < -0.4 is 5.56 Å². The van der Waals surface area contributed by atoms with Crippen LogP contribution in [0.1, 0.15) is 21.6 Å². The van der Waals surface area contributed by atoms with Crippen molar-refractivity contribution in [1.29, 1.82) is 0 Å². The topological polar surface area (TPSA) is 57.9 Å². The predicted molar refractivity (Wildman–Crippen MR) is 112 cm³/mol. The fraction of sp³-hybridized carbons (Fsp3) is 0.286. The third-order valence-corrected chi connectivity index (χ3v) is 5.94. The number of amides is 1. The van der Waals surface area contributed by atoms with Gasteiger partial charge in [0.1, 0.15) is 5.56 Å². The lowest BCUT2D eigenvalue weighted by Crippen LogP contribution is -2.49. The van der Waals surface area contributed by atoms with Gasteiger partial charge < -0.3 is 4.90 Å². The van der Waals surface area contributed by atoms with Crippen LogP contribution in [0, 0.1) is 6.92 Å². The van der Waals surface area contributed by atoms with E-state index < -0.39 is 0 Å². The van der Waals surface area contributed by atoms with Crippen LogP contribution >= 0.6 is 11.3 Å². The lowest BCUT2D eigenvalue weighted by molar-refractivity contribution is 0.0648. The first-order chi connectivity index (χ1) is 13.6. The monoisotopic (exact) mass is 394 g/mol. The molecule has 28 heavy (non-hydrogen) atoms. The zero-order chi connectivity index (χ0) is 19.5. The highest BCUT2D eigenvalue weighted by Gasteiger charge is 2.24. The van der Waals surface area contributed by atoms with E-state index in [0.717, 1.165) is 25.3 Å². The Morgan fingerprint density at radius 2 is 1.93 bits per heavy atom. The van der Waals surface area contributed by atoms with Gasteiger partial charge in [-0.3, -0.25) is 18.9 Å². The van der Waals surface area contributed by atoms with E-state index in [2.05, 4.69) is 34.2 Å². The highest BCUT2D eigenvalue weighted by molar-refractivity contribution is 7.15. The summed E-state index contributed by atoms with van der Waals surface area (Å²) in [5, 5.41) is 1.87. The van der Waals surface area contributed by atoms with Gasteiger partial charge in [-0.05, 0) is 12.5 Å². The molecule has 7 heteroatoms. The molecule has 6 nitrogen and oxygen atoms in total. The Morgan fingerprint density at radius 3 is 2.68 bits per heavy atom. The Kier molecular flexibility index (Phi) is 5.36. The highest BCUT2D eigenvalue weighted by atomic mass is 32.1. The lowest BCUT2D eigenvalue weighted by Gasteiger charge is -2.34. The van der Waals surface area contributed by atoms with Gasteiger partial charge in [0.2, 0.25) is 0 Å². The van der Waals surface area contributed by atoms with E-state index in [1.165, 1.54) is 27.5 Å². The SMILES string of the molecule is Cc1csc2ncc(C(=O)N3CCN(C/C=C/c4ccccc4)CC3)c(=O)n12. The Balaban J connectivity index is 1.38. The number of carbonyl (C=O) groups is 1. The van der Waals surface area contributed by atoms with Crippen molar-refractivity contribution in [3.63, 3.8) is 0 Å². The fourth-order valence-corrected chi connectivity index (χ4v) is 4.20. The molecule has 0 bridgehead atoms. The standard InChI is InChI=1S/C21H22N4O2S/c1-16-15-28-21-22-14-18(20(27)25(16)21)19(26)24-12-10-23(11-13-24)9-5-8-17-6-3-2-4-7-17/h2-8,14-15H,9-13H2,1H3/b8-5+. The molecule has 1 aliphatic rings. The van der Waals surface area contributed by atoms with E-state index in [1.807, 2.05) is 30.5 Å². The molecular formula is C21H22N4O2S. The molecule has 3 heterocycles. The number of benzene rings is 1. The molecule has 4 rings (SSSR count). The molecule has 2 aromatic heterocycles. The van der Waals surface area contributed by atoms with Crippen LogP contribution in [0.2, 0.25) is 0 Å². The number of hydrogen-bond acceptors (Lipinski definition) is 5. The molecule has 3 aromatic rings. The first-order valence-corrected chi connectivity index (χ1v) is 10.2. The summed E-state index contributed by atoms with van der Waals surface area (Å²) < 4.78 is 1.52. The average Bonchev–Trinajstić information content (AvgIpc) is 3.11. The van der Waals surface area contributed by atoms with E-state index in [0.29, 0.717) is 18.1 Å². The minimum absolute atomic E-state index is 0.149. The van der Waals surface area contributed by atoms with Gasteiger partial charge in [0.05, 0.1) is 0 Å². The van der Waals surface area contributed by atoms with Crippen LogP contribution in [0.3, 0.4) is 0 Å². The van der Waals surface area contributed by atoms with Crippen LogP contribution in [0.25, 0.3) is 11.0 Å². The number of nitrogens with zero attached hydrogens (tertiary/aromatic N) is 4. The maximum Gasteiger partial charge on any atom is 0.271 e. The molecule has 1 aromatic carbocycles. The molecule has 1 amide bonds. The number of rotatable bonds is 4. The Morgan fingerprint density at radius 1 is 1.18 bits per heavy atom. The number of carbonyl (C=O) groups excluding carboxylic acids is 1. The van der Waals surface area contributed by atoms with Crippen LogP contribution in [-0.4, -0.2) is 57.8 Å². The van der Waals surface area contributed by atoms with Gasteiger partial charge in [-0.15, -0.1) is 11.3 Å². The fourth-order valence-electron chi connectivity index (χ4n) is 3.38. The van der Waals surface area contributed by atoms with Crippen LogP contribution in [0.15, 0.2) is 52.8 Å². The molecule has 0 spiro atoms. The minimum Gasteiger partial charge on any atom is -0.336 e. The van der Waals surface area contributed by atoms with Crippen molar-refractivity contribution in [2.75, 3.05) is 32.7 Å².